The van der Waals surface area contributed by atoms with Gasteiger partial charge in [-0.15, -0.1) is 0 Å². The number of nitrogens with two attached hydrogens (primary N) is 1. The van der Waals surface area contributed by atoms with Crippen molar-refractivity contribution < 1.29 is 33.4 Å². The third-order valence-electron chi connectivity index (χ3n) is 5.14. The lowest BCUT2D eigenvalue weighted by Gasteiger charge is -2.20. The number of anilines is 1. The van der Waals surface area contributed by atoms with Gasteiger partial charge in [-0.3, -0.25) is 4.79 Å². The van der Waals surface area contributed by atoms with E-state index in [9.17, 15) is 19.2 Å². The molecule has 0 aliphatic heterocycles. The van der Waals surface area contributed by atoms with Gasteiger partial charge < -0.3 is 25.3 Å². The van der Waals surface area contributed by atoms with Gasteiger partial charge in [-0.2, -0.15) is 0 Å². The maximum atomic E-state index is 12.8. The summed E-state index contributed by atoms with van der Waals surface area (Å²) in [5.74, 6) is -1.37. The second-order valence-electron chi connectivity index (χ2n) is 7.90. The van der Waals surface area contributed by atoms with Crippen LogP contribution in [-0.2, 0) is 25.6 Å². The zero-order valence-electron chi connectivity index (χ0n) is 19.0. The van der Waals surface area contributed by atoms with Crippen LogP contribution in [0.3, 0.4) is 0 Å². The zero-order valence-corrected chi connectivity index (χ0v) is 19.0. The van der Waals surface area contributed by atoms with Crippen molar-refractivity contribution in [2.24, 2.45) is 0 Å². The number of nitrogen functional groups attached to an aromatic ring is 1. The number of nitrogens with one attached hydrogen (secondary N) is 1. The Labute approximate surface area is 196 Å². The van der Waals surface area contributed by atoms with Crippen LogP contribution in [-0.4, -0.2) is 47.8 Å². The molecule has 0 saturated heterocycles. The highest BCUT2D eigenvalue weighted by atomic mass is 16.7. The summed E-state index contributed by atoms with van der Waals surface area (Å²) in [6.45, 7) is 2.54. The highest BCUT2D eigenvalue weighted by Crippen LogP contribution is 2.29. The molecule has 1 saturated carbocycles. The van der Waals surface area contributed by atoms with Gasteiger partial charge in [0.25, 0.3) is 5.91 Å². The van der Waals surface area contributed by atoms with Gasteiger partial charge >= 0.3 is 18.2 Å². The molecule has 0 spiro atoms. The molecule has 2 aromatic rings. The van der Waals surface area contributed by atoms with Gasteiger partial charge in [-0.1, -0.05) is 36.4 Å². The lowest BCUT2D eigenvalue weighted by Crippen LogP contribution is -2.41. The molecule has 1 aliphatic rings. The number of amides is 3. The van der Waals surface area contributed by atoms with Gasteiger partial charge in [0.05, 0.1) is 0 Å². The highest BCUT2D eigenvalue weighted by Gasteiger charge is 2.39. The van der Waals surface area contributed by atoms with Crippen LogP contribution in [0, 0.1) is 6.92 Å². The number of hydrogen-bond donors (Lipinski definition) is 2. The normalized spacial score (nSPS) is 13.4. The van der Waals surface area contributed by atoms with E-state index in [1.807, 2.05) is 25.1 Å². The predicted molar refractivity (Wildman–Crippen MR) is 121 cm³/mol. The molecule has 0 bridgehead atoms. The molecule has 2 aromatic carbocycles. The van der Waals surface area contributed by atoms with E-state index in [0.29, 0.717) is 18.5 Å². The van der Waals surface area contributed by atoms with Crippen molar-refractivity contribution in [2.45, 2.75) is 45.4 Å². The van der Waals surface area contributed by atoms with Gasteiger partial charge in [0.2, 0.25) is 6.79 Å². The average molecular weight is 469 g/mol. The van der Waals surface area contributed by atoms with Crippen LogP contribution in [0.15, 0.2) is 48.5 Å². The minimum absolute atomic E-state index is 0.0454. The van der Waals surface area contributed by atoms with Crippen LogP contribution >= 0.6 is 0 Å². The third kappa shape index (κ3) is 6.71. The van der Waals surface area contributed by atoms with E-state index in [1.54, 1.807) is 24.3 Å². The first-order chi connectivity index (χ1) is 16.3. The molecule has 180 valence electrons. The van der Waals surface area contributed by atoms with Crippen LogP contribution in [0.5, 0.6) is 0 Å². The van der Waals surface area contributed by atoms with E-state index in [-0.39, 0.29) is 18.2 Å². The first-order valence-corrected chi connectivity index (χ1v) is 10.8. The number of imide groups is 1. The van der Waals surface area contributed by atoms with Crippen LogP contribution in [0.1, 0.15) is 41.3 Å². The maximum Gasteiger partial charge on any atom is 0.419 e. The van der Waals surface area contributed by atoms with Crippen LogP contribution in [0.25, 0.3) is 0 Å². The molecule has 1 atom stereocenters. The molecule has 3 N–H and O–H groups in total. The summed E-state index contributed by atoms with van der Waals surface area (Å²) < 4.78 is 14.9. The summed E-state index contributed by atoms with van der Waals surface area (Å²) in [7, 11) is 0. The van der Waals surface area contributed by atoms with E-state index in [2.05, 4.69) is 5.32 Å². The van der Waals surface area contributed by atoms with Crippen molar-refractivity contribution in [3.8, 4) is 0 Å². The summed E-state index contributed by atoms with van der Waals surface area (Å²) in [5.41, 5.74) is 8.18. The molecule has 10 nitrogen and oxygen atoms in total. The molecule has 3 rings (SSSR count). The molecule has 1 aliphatic carbocycles. The van der Waals surface area contributed by atoms with E-state index < -0.39 is 36.9 Å². The monoisotopic (exact) mass is 469 g/mol. The lowest BCUT2D eigenvalue weighted by atomic mass is 10.1. The molecule has 34 heavy (non-hydrogen) atoms. The average Bonchev–Trinajstić information content (AvgIpc) is 3.65. The number of carbonyl (C=O) groups is 4. The molecule has 0 aromatic heterocycles. The first kappa shape index (κ1) is 24.6. The fourth-order valence-electron chi connectivity index (χ4n) is 2.98. The summed E-state index contributed by atoms with van der Waals surface area (Å²) in [5, 5.41) is 2.34. The van der Waals surface area contributed by atoms with Crippen molar-refractivity contribution in [3.05, 3.63) is 65.2 Å². The fraction of sp³-hybridized carbons (Fsp3) is 0.333. The van der Waals surface area contributed by atoms with E-state index in [0.717, 1.165) is 16.0 Å². The quantitative estimate of drug-likeness (QED) is 0.342. The van der Waals surface area contributed by atoms with Crippen LogP contribution in [0.2, 0.25) is 0 Å². The first-order valence-electron chi connectivity index (χ1n) is 10.8. The van der Waals surface area contributed by atoms with Gasteiger partial charge in [0, 0.05) is 17.3 Å². The number of nitrogens with zero attached hydrogens (tertiary/aromatic N) is 1. The molecular formula is C24H27N3O7. The Kier molecular flexibility index (Phi) is 8.07. The minimum atomic E-state index is -1.04. The molecule has 3 amide bonds. The summed E-state index contributed by atoms with van der Waals surface area (Å²) in [6, 6.07) is 12.5. The fourth-order valence-corrected chi connectivity index (χ4v) is 2.98. The SMILES string of the molecule is Cc1ccc(C(=O)N(C(=O)OCOC(=O)[C@H](C)NC(=O)OCc2ccccc2)C2CC2)cc1N. The number of ether oxygens (including phenoxy) is 3. The van der Waals surface area contributed by atoms with E-state index in [1.165, 1.54) is 13.0 Å². The van der Waals surface area contributed by atoms with Crippen molar-refractivity contribution in [1.82, 2.24) is 10.2 Å². The lowest BCUT2D eigenvalue weighted by molar-refractivity contribution is -0.154. The second-order valence-corrected chi connectivity index (χ2v) is 7.90. The van der Waals surface area contributed by atoms with E-state index in [4.69, 9.17) is 19.9 Å². The number of rotatable bonds is 8. The Bertz CT molecular complexity index is 1050. The van der Waals surface area contributed by atoms with Crippen molar-refractivity contribution >= 4 is 29.8 Å². The topological polar surface area (TPSA) is 137 Å². The summed E-state index contributed by atoms with van der Waals surface area (Å²) in [4.78, 5) is 50.3. The molecule has 0 heterocycles. The van der Waals surface area contributed by atoms with Gasteiger partial charge in [0.15, 0.2) is 0 Å². The number of alkyl carbamates (subject to hydrolysis) is 1. The van der Waals surface area contributed by atoms with Gasteiger partial charge in [0.1, 0.15) is 12.6 Å². The number of benzene rings is 2. The zero-order chi connectivity index (χ0) is 24.7. The minimum Gasteiger partial charge on any atom is -0.445 e. The third-order valence-corrected chi connectivity index (χ3v) is 5.14. The smallest absolute Gasteiger partial charge is 0.419 e. The Morgan fingerprint density at radius 3 is 2.41 bits per heavy atom. The summed E-state index contributed by atoms with van der Waals surface area (Å²) in [6.07, 6.45) is -0.405. The molecule has 10 heteroatoms. The van der Waals surface area contributed by atoms with Crippen LogP contribution < -0.4 is 11.1 Å². The van der Waals surface area contributed by atoms with Crippen molar-refractivity contribution in [1.29, 1.82) is 0 Å². The molecular weight excluding hydrogens is 442 g/mol. The van der Waals surface area contributed by atoms with Gasteiger partial charge in [-0.25, -0.2) is 19.3 Å². The van der Waals surface area contributed by atoms with E-state index >= 15 is 0 Å². The largest absolute Gasteiger partial charge is 0.445 e. The Morgan fingerprint density at radius 2 is 1.76 bits per heavy atom. The number of hydrogen-bond acceptors (Lipinski definition) is 8. The second kappa shape index (κ2) is 11.2. The number of aryl methyl sites for hydroxylation is 1. The molecule has 1 fully saturated rings. The number of esters is 1. The standard InChI is InChI=1S/C24H27N3O7/c1-15-8-9-18(12-20(15)25)21(28)27(19-10-11-19)24(31)34-14-33-22(29)16(2)26-23(30)32-13-17-6-4-3-5-7-17/h3-9,12,16,19H,10-11,13-14,25H2,1-2H3,(H,26,30)/t16-/m0/s1. The Balaban J connectivity index is 1.44. The van der Waals surface area contributed by atoms with Gasteiger partial charge in [-0.05, 0) is 49.9 Å². The Morgan fingerprint density at radius 1 is 1.06 bits per heavy atom. The molecule has 0 radical (unpaired) electrons. The maximum absolute atomic E-state index is 12.8. The summed E-state index contributed by atoms with van der Waals surface area (Å²) >= 11 is 0. The predicted octanol–water partition coefficient (Wildman–Crippen LogP) is 3.13. The number of carbonyl (C=O) groups excluding carboxylic acids is 4. The molecule has 0 unspecified atom stereocenters. The highest BCUT2D eigenvalue weighted by molar-refractivity contribution is 6.04. The van der Waals surface area contributed by atoms with Crippen molar-refractivity contribution in [2.75, 3.05) is 12.5 Å². The Hall–Kier alpha value is -4.08. The van der Waals surface area contributed by atoms with Crippen LogP contribution in [0.4, 0.5) is 15.3 Å². The van der Waals surface area contributed by atoms with Crippen molar-refractivity contribution in [3.63, 3.8) is 0 Å².